The highest BCUT2D eigenvalue weighted by Crippen LogP contribution is 2.23. The van der Waals surface area contributed by atoms with Gasteiger partial charge in [0.05, 0.1) is 4.47 Å². The highest BCUT2D eigenvalue weighted by molar-refractivity contribution is 9.10. The van der Waals surface area contributed by atoms with E-state index in [1.165, 1.54) is 12.8 Å². The van der Waals surface area contributed by atoms with E-state index in [0.29, 0.717) is 4.47 Å². The van der Waals surface area contributed by atoms with E-state index in [1.807, 2.05) is 12.1 Å². The van der Waals surface area contributed by atoms with E-state index in [9.17, 15) is 4.79 Å². The van der Waals surface area contributed by atoms with Crippen LogP contribution in [0.1, 0.15) is 12.8 Å². The Kier molecular flexibility index (Phi) is 2.67. The largest absolute Gasteiger partial charge is 0.372 e. The standard InChI is InChI=1S/C13H13BrN2O/c14-11-8-15-12-4-3-9(7-10(12)13(11)17)16-5-1-2-6-16/h3-4,7-8H,1-2,5-6H2,(H,15,17). The van der Waals surface area contributed by atoms with Crippen LogP contribution in [0.2, 0.25) is 0 Å². The van der Waals surface area contributed by atoms with E-state index in [0.717, 1.165) is 29.7 Å². The first-order chi connectivity index (χ1) is 8.25. The van der Waals surface area contributed by atoms with E-state index >= 15 is 0 Å². The van der Waals surface area contributed by atoms with Gasteiger partial charge in [-0.2, -0.15) is 0 Å². The number of hydrogen-bond acceptors (Lipinski definition) is 2. The van der Waals surface area contributed by atoms with E-state index in [1.54, 1.807) is 6.20 Å². The molecule has 0 spiro atoms. The number of aromatic amines is 1. The van der Waals surface area contributed by atoms with Gasteiger partial charge in [-0.05, 0) is 47.0 Å². The van der Waals surface area contributed by atoms with Gasteiger partial charge in [-0.1, -0.05) is 0 Å². The average molecular weight is 293 g/mol. The summed E-state index contributed by atoms with van der Waals surface area (Å²) < 4.78 is 0.587. The van der Waals surface area contributed by atoms with Gasteiger partial charge in [-0.15, -0.1) is 0 Å². The van der Waals surface area contributed by atoms with Crippen LogP contribution in [0.3, 0.4) is 0 Å². The van der Waals surface area contributed by atoms with E-state index in [4.69, 9.17) is 0 Å². The first-order valence-corrected chi connectivity index (χ1v) is 6.61. The van der Waals surface area contributed by atoms with Crippen LogP contribution in [0, 0.1) is 0 Å². The number of rotatable bonds is 1. The Hall–Kier alpha value is -1.29. The minimum atomic E-state index is 0.0554. The molecule has 3 rings (SSSR count). The van der Waals surface area contributed by atoms with Gasteiger partial charge < -0.3 is 9.88 Å². The molecule has 1 aromatic heterocycles. The minimum absolute atomic E-state index is 0.0554. The topological polar surface area (TPSA) is 36.1 Å². The van der Waals surface area contributed by atoms with Gasteiger partial charge in [0.25, 0.3) is 0 Å². The summed E-state index contributed by atoms with van der Waals surface area (Å²) in [5, 5.41) is 0.753. The molecule has 1 aliphatic heterocycles. The Morgan fingerprint density at radius 3 is 2.76 bits per heavy atom. The normalized spacial score (nSPS) is 15.7. The number of H-pyrrole nitrogens is 1. The number of fused-ring (bicyclic) bond motifs is 1. The molecule has 4 heteroatoms. The Balaban J connectivity index is 2.17. The van der Waals surface area contributed by atoms with Gasteiger partial charge in [-0.3, -0.25) is 4.79 Å². The number of aromatic nitrogens is 1. The van der Waals surface area contributed by atoms with Crippen LogP contribution in [0.5, 0.6) is 0 Å². The number of pyridine rings is 1. The van der Waals surface area contributed by atoms with E-state index < -0.39 is 0 Å². The monoisotopic (exact) mass is 292 g/mol. The lowest BCUT2D eigenvalue weighted by atomic mass is 10.2. The number of nitrogens with zero attached hydrogens (tertiary/aromatic N) is 1. The Labute approximate surface area is 108 Å². The molecule has 1 N–H and O–H groups in total. The predicted molar refractivity (Wildman–Crippen MR) is 73.7 cm³/mol. The van der Waals surface area contributed by atoms with Crippen LogP contribution in [0.4, 0.5) is 5.69 Å². The summed E-state index contributed by atoms with van der Waals surface area (Å²) in [5.41, 5.74) is 2.10. The van der Waals surface area contributed by atoms with Gasteiger partial charge >= 0.3 is 0 Å². The third-order valence-electron chi connectivity index (χ3n) is 3.29. The van der Waals surface area contributed by atoms with Crippen molar-refractivity contribution < 1.29 is 0 Å². The lowest BCUT2D eigenvalue weighted by Gasteiger charge is -2.17. The van der Waals surface area contributed by atoms with Gasteiger partial charge in [0.15, 0.2) is 0 Å². The Morgan fingerprint density at radius 1 is 1.24 bits per heavy atom. The van der Waals surface area contributed by atoms with Gasteiger partial charge in [0.2, 0.25) is 5.43 Å². The fourth-order valence-corrected chi connectivity index (χ4v) is 2.68. The van der Waals surface area contributed by atoms with Crippen molar-refractivity contribution in [2.45, 2.75) is 12.8 Å². The molecule has 0 aliphatic carbocycles. The lowest BCUT2D eigenvalue weighted by molar-refractivity contribution is 0.949. The second kappa shape index (κ2) is 4.18. The maximum atomic E-state index is 12.0. The molecular weight excluding hydrogens is 280 g/mol. The van der Waals surface area contributed by atoms with Crippen molar-refractivity contribution >= 4 is 32.5 Å². The van der Waals surface area contributed by atoms with Crippen LogP contribution in [0.25, 0.3) is 10.9 Å². The highest BCUT2D eigenvalue weighted by Gasteiger charge is 2.13. The molecule has 0 radical (unpaired) electrons. The van der Waals surface area contributed by atoms with Crippen molar-refractivity contribution in [3.8, 4) is 0 Å². The molecule has 0 bridgehead atoms. The molecule has 1 aliphatic rings. The van der Waals surface area contributed by atoms with Crippen molar-refractivity contribution in [3.05, 3.63) is 39.1 Å². The Bertz CT molecular complexity index is 614. The van der Waals surface area contributed by atoms with E-state index in [-0.39, 0.29) is 5.43 Å². The van der Waals surface area contributed by atoms with Crippen LogP contribution < -0.4 is 10.3 Å². The second-order valence-electron chi connectivity index (χ2n) is 4.39. The average Bonchev–Trinajstić information content (AvgIpc) is 2.87. The lowest BCUT2D eigenvalue weighted by Crippen LogP contribution is -2.17. The van der Waals surface area contributed by atoms with Gasteiger partial charge in [0, 0.05) is 35.9 Å². The zero-order valence-corrected chi connectivity index (χ0v) is 11.0. The van der Waals surface area contributed by atoms with E-state index in [2.05, 4.69) is 31.9 Å². The zero-order chi connectivity index (χ0) is 11.8. The predicted octanol–water partition coefficient (Wildman–Crippen LogP) is 2.89. The molecule has 0 unspecified atom stereocenters. The number of benzene rings is 1. The fraction of sp³-hybridized carbons (Fsp3) is 0.308. The highest BCUT2D eigenvalue weighted by atomic mass is 79.9. The summed E-state index contributed by atoms with van der Waals surface area (Å²) >= 11 is 3.27. The third-order valence-corrected chi connectivity index (χ3v) is 3.88. The van der Waals surface area contributed by atoms with Gasteiger partial charge in [0.1, 0.15) is 0 Å². The number of hydrogen-bond donors (Lipinski definition) is 1. The van der Waals surface area contributed by atoms with Crippen LogP contribution in [-0.2, 0) is 0 Å². The number of nitrogens with one attached hydrogen (secondary N) is 1. The van der Waals surface area contributed by atoms with Crippen LogP contribution >= 0.6 is 15.9 Å². The summed E-state index contributed by atoms with van der Waals surface area (Å²) in [6.07, 6.45) is 4.18. The number of anilines is 1. The minimum Gasteiger partial charge on any atom is -0.372 e. The van der Waals surface area contributed by atoms with Crippen LogP contribution in [0.15, 0.2) is 33.7 Å². The summed E-state index contributed by atoms with van der Waals surface area (Å²) in [5.74, 6) is 0. The summed E-state index contributed by atoms with van der Waals surface area (Å²) in [7, 11) is 0. The molecule has 3 nitrogen and oxygen atoms in total. The molecule has 0 amide bonds. The van der Waals surface area contributed by atoms with Crippen molar-refractivity contribution in [2.24, 2.45) is 0 Å². The SMILES string of the molecule is O=c1c(Br)c[nH]c2ccc(N3CCCC3)cc12. The second-order valence-corrected chi connectivity index (χ2v) is 5.24. The summed E-state index contributed by atoms with van der Waals surface area (Å²) in [4.78, 5) is 17.5. The van der Waals surface area contributed by atoms with Crippen molar-refractivity contribution in [1.82, 2.24) is 4.98 Å². The maximum absolute atomic E-state index is 12.0. The first-order valence-electron chi connectivity index (χ1n) is 5.81. The Morgan fingerprint density at radius 2 is 2.00 bits per heavy atom. The first kappa shape index (κ1) is 10.8. The molecule has 1 aromatic carbocycles. The van der Waals surface area contributed by atoms with Crippen LogP contribution in [-0.4, -0.2) is 18.1 Å². The quantitative estimate of drug-likeness (QED) is 0.877. The maximum Gasteiger partial charge on any atom is 0.203 e. The zero-order valence-electron chi connectivity index (χ0n) is 9.37. The fourth-order valence-electron chi connectivity index (χ4n) is 2.35. The molecule has 0 saturated carbocycles. The van der Waals surface area contributed by atoms with Crippen molar-refractivity contribution in [2.75, 3.05) is 18.0 Å². The van der Waals surface area contributed by atoms with Crippen molar-refractivity contribution in [3.63, 3.8) is 0 Å². The molecule has 88 valence electrons. The third kappa shape index (κ3) is 1.86. The van der Waals surface area contributed by atoms with Gasteiger partial charge in [-0.25, -0.2) is 0 Å². The molecule has 1 saturated heterocycles. The molecule has 2 heterocycles. The molecule has 0 atom stereocenters. The molecular formula is C13H13BrN2O. The molecule has 1 fully saturated rings. The number of halogens is 1. The molecule has 2 aromatic rings. The van der Waals surface area contributed by atoms with Crippen molar-refractivity contribution in [1.29, 1.82) is 0 Å². The summed E-state index contributed by atoms with van der Waals surface area (Å²) in [6.45, 7) is 2.19. The molecule has 17 heavy (non-hydrogen) atoms. The smallest absolute Gasteiger partial charge is 0.203 e. The summed E-state index contributed by atoms with van der Waals surface area (Å²) in [6, 6.07) is 6.05.